The predicted octanol–water partition coefficient (Wildman–Crippen LogP) is 2.51. The topological polar surface area (TPSA) is 26.3 Å². The van der Waals surface area contributed by atoms with Gasteiger partial charge in [0.05, 0.1) is 7.11 Å². The first-order valence-corrected chi connectivity index (χ1v) is 4.71. The van der Waals surface area contributed by atoms with Crippen molar-refractivity contribution in [3.8, 4) is 0 Å². The lowest BCUT2D eigenvalue weighted by atomic mass is 10.1. The van der Waals surface area contributed by atoms with Gasteiger partial charge in [0.15, 0.2) is 0 Å². The summed E-state index contributed by atoms with van der Waals surface area (Å²) in [5.74, 6) is -0.307. The van der Waals surface area contributed by atoms with Gasteiger partial charge in [0.1, 0.15) is 0 Å². The first-order valence-electron chi connectivity index (χ1n) is 4.71. The zero-order valence-corrected chi connectivity index (χ0v) is 8.77. The number of hydrogen-bond acceptors (Lipinski definition) is 2. The van der Waals surface area contributed by atoms with E-state index in [0.29, 0.717) is 12.0 Å². The van der Waals surface area contributed by atoms with Crippen LogP contribution in [0.1, 0.15) is 5.56 Å². The summed E-state index contributed by atoms with van der Waals surface area (Å²) in [7, 11) is 1.38. The lowest BCUT2D eigenvalue weighted by Crippen LogP contribution is -2.07. The van der Waals surface area contributed by atoms with E-state index >= 15 is 0 Å². The molecule has 0 aliphatic rings. The number of allylic oxidation sites excluding steroid dienone is 2. The Morgan fingerprint density at radius 1 is 1.40 bits per heavy atom. The molecule has 0 unspecified atom stereocenters. The lowest BCUT2D eigenvalue weighted by molar-refractivity contribution is -0.136. The Hall–Kier alpha value is -1.83. The molecular weight excluding hydrogens is 188 g/mol. The van der Waals surface area contributed by atoms with Crippen LogP contribution in [0.5, 0.6) is 0 Å². The van der Waals surface area contributed by atoms with Crippen LogP contribution in [0.3, 0.4) is 0 Å². The molecule has 0 amide bonds. The Kier molecular flexibility index (Phi) is 4.35. The summed E-state index contributed by atoms with van der Waals surface area (Å²) in [4.78, 5) is 11.4. The summed E-state index contributed by atoms with van der Waals surface area (Å²) in [6.45, 7) is 3.57. The molecule has 1 aromatic rings. The van der Waals surface area contributed by atoms with Crippen molar-refractivity contribution in [1.29, 1.82) is 0 Å². The summed E-state index contributed by atoms with van der Waals surface area (Å²) in [5.41, 5.74) is 1.69. The number of carbonyl (C=O) groups is 1. The lowest BCUT2D eigenvalue weighted by Gasteiger charge is -2.04. The van der Waals surface area contributed by atoms with Crippen molar-refractivity contribution in [2.45, 2.75) is 6.42 Å². The second-order valence-electron chi connectivity index (χ2n) is 3.08. The highest BCUT2D eigenvalue weighted by atomic mass is 16.5. The Morgan fingerprint density at radius 2 is 2.07 bits per heavy atom. The summed E-state index contributed by atoms with van der Waals surface area (Å²) in [5, 5.41) is 0. The third-order valence-corrected chi connectivity index (χ3v) is 2.00. The first kappa shape index (κ1) is 11.2. The molecule has 78 valence electrons. The van der Waals surface area contributed by atoms with Gasteiger partial charge in [0.25, 0.3) is 0 Å². The molecule has 0 fully saturated rings. The molecule has 0 aliphatic carbocycles. The zero-order valence-electron chi connectivity index (χ0n) is 8.77. The molecule has 2 heteroatoms. The molecule has 0 saturated heterocycles. The van der Waals surface area contributed by atoms with Gasteiger partial charge in [-0.3, -0.25) is 0 Å². The van der Waals surface area contributed by atoms with Crippen LogP contribution >= 0.6 is 0 Å². The van der Waals surface area contributed by atoms with Crippen LogP contribution in [0, 0.1) is 0 Å². The van der Waals surface area contributed by atoms with Crippen LogP contribution in [0.2, 0.25) is 0 Å². The maximum atomic E-state index is 11.4. The molecule has 0 bridgehead atoms. The number of carbonyl (C=O) groups excluding carboxylic acids is 1. The maximum absolute atomic E-state index is 11.4. The normalized spacial score (nSPS) is 10.9. The molecule has 1 aromatic carbocycles. The molecule has 0 aliphatic heterocycles. The van der Waals surface area contributed by atoms with Crippen molar-refractivity contribution in [3.63, 3.8) is 0 Å². The Morgan fingerprint density at radius 3 is 2.60 bits per heavy atom. The van der Waals surface area contributed by atoms with Crippen LogP contribution in [-0.4, -0.2) is 13.1 Å². The number of esters is 1. The van der Waals surface area contributed by atoms with E-state index in [0.717, 1.165) is 5.56 Å². The van der Waals surface area contributed by atoms with E-state index in [4.69, 9.17) is 0 Å². The minimum Gasteiger partial charge on any atom is -0.466 e. The Bertz CT molecular complexity index is 363. The van der Waals surface area contributed by atoms with Gasteiger partial charge in [-0.1, -0.05) is 49.1 Å². The number of ether oxygens (including phenoxy) is 1. The fourth-order valence-electron chi connectivity index (χ4n) is 1.29. The van der Waals surface area contributed by atoms with Crippen LogP contribution in [0.15, 0.2) is 54.6 Å². The molecule has 0 spiro atoms. The summed E-state index contributed by atoms with van der Waals surface area (Å²) in [6.07, 6.45) is 3.84. The van der Waals surface area contributed by atoms with Gasteiger partial charge in [-0.15, -0.1) is 0 Å². The molecule has 2 nitrogen and oxygen atoms in total. The average molecular weight is 202 g/mol. The number of rotatable bonds is 4. The SMILES string of the molecule is C=CC=C(Cc1ccccc1)C(=O)OC. The van der Waals surface area contributed by atoms with Crippen molar-refractivity contribution >= 4 is 5.97 Å². The van der Waals surface area contributed by atoms with Crippen LogP contribution < -0.4 is 0 Å². The van der Waals surface area contributed by atoms with Crippen LogP contribution in [-0.2, 0) is 16.0 Å². The van der Waals surface area contributed by atoms with Crippen LogP contribution in [0.25, 0.3) is 0 Å². The standard InChI is InChI=1S/C13H14O2/c1-3-7-12(13(14)15-2)10-11-8-5-4-6-9-11/h3-9H,1,10H2,2H3. The third kappa shape index (κ3) is 3.43. The number of hydrogen-bond donors (Lipinski definition) is 0. The van der Waals surface area contributed by atoms with Crippen molar-refractivity contribution in [3.05, 3.63) is 60.2 Å². The smallest absolute Gasteiger partial charge is 0.334 e. The van der Waals surface area contributed by atoms with Gasteiger partial charge in [0.2, 0.25) is 0 Å². The fraction of sp³-hybridized carbons (Fsp3) is 0.154. The Balaban J connectivity index is 2.81. The molecule has 15 heavy (non-hydrogen) atoms. The van der Waals surface area contributed by atoms with Crippen molar-refractivity contribution in [2.75, 3.05) is 7.11 Å². The maximum Gasteiger partial charge on any atom is 0.334 e. The summed E-state index contributed by atoms with van der Waals surface area (Å²) >= 11 is 0. The van der Waals surface area contributed by atoms with E-state index in [9.17, 15) is 4.79 Å². The monoisotopic (exact) mass is 202 g/mol. The number of benzene rings is 1. The predicted molar refractivity (Wildman–Crippen MR) is 60.4 cm³/mol. The second-order valence-corrected chi connectivity index (χ2v) is 3.08. The fourth-order valence-corrected chi connectivity index (χ4v) is 1.29. The molecule has 1 rings (SSSR count). The van der Waals surface area contributed by atoms with Crippen molar-refractivity contribution in [2.24, 2.45) is 0 Å². The molecule has 0 N–H and O–H groups in total. The van der Waals surface area contributed by atoms with E-state index in [-0.39, 0.29) is 5.97 Å². The van der Waals surface area contributed by atoms with Gasteiger partial charge in [-0.25, -0.2) is 4.79 Å². The molecule has 0 saturated carbocycles. The minimum atomic E-state index is -0.307. The van der Waals surface area contributed by atoms with E-state index in [1.54, 1.807) is 12.2 Å². The first-order chi connectivity index (χ1) is 7.27. The van der Waals surface area contributed by atoms with E-state index < -0.39 is 0 Å². The van der Waals surface area contributed by atoms with Gasteiger partial charge in [0, 0.05) is 12.0 Å². The van der Waals surface area contributed by atoms with E-state index in [1.807, 2.05) is 30.3 Å². The van der Waals surface area contributed by atoms with Crippen molar-refractivity contribution in [1.82, 2.24) is 0 Å². The molecule has 0 heterocycles. The minimum absolute atomic E-state index is 0.307. The second kappa shape index (κ2) is 5.81. The molecule has 0 aromatic heterocycles. The van der Waals surface area contributed by atoms with Gasteiger partial charge < -0.3 is 4.74 Å². The molecular formula is C13H14O2. The molecule has 0 atom stereocenters. The van der Waals surface area contributed by atoms with Gasteiger partial charge in [-0.2, -0.15) is 0 Å². The third-order valence-electron chi connectivity index (χ3n) is 2.00. The van der Waals surface area contributed by atoms with Gasteiger partial charge >= 0.3 is 5.97 Å². The van der Waals surface area contributed by atoms with Crippen LogP contribution in [0.4, 0.5) is 0 Å². The average Bonchev–Trinajstić information content (AvgIpc) is 2.29. The summed E-state index contributed by atoms with van der Waals surface area (Å²) < 4.78 is 4.68. The quantitative estimate of drug-likeness (QED) is 0.426. The highest BCUT2D eigenvalue weighted by Crippen LogP contribution is 2.09. The summed E-state index contributed by atoms with van der Waals surface area (Å²) in [6, 6.07) is 9.77. The van der Waals surface area contributed by atoms with E-state index in [1.165, 1.54) is 7.11 Å². The number of methoxy groups -OCH3 is 1. The van der Waals surface area contributed by atoms with E-state index in [2.05, 4.69) is 11.3 Å². The Labute approximate surface area is 89.9 Å². The zero-order chi connectivity index (χ0) is 11.1. The van der Waals surface area contributed by atoms with Crippen molar-refractivity contribution < 1.29 is 9.53 Å². The highest BCUT2D eigenvalue weighted by Gasteiger charge is 2.08. The molecule has 0 radical (unpaired) electrons. The highest BCUT2D eigenvalue weighted by molar-refractivity contribution is 5.89. The van der Waals surface area contributed by atoms with Gasteiger partial charge in [-0.05, 0) is 5.56 Å². The largest absolute Gasteiger partial charge is 0.466 e.